The fourth-order valence-corrected chi connectivity index (χ4v) is 4.57. The monoisotopic (exact) mass is 510 g/mol. The molecule has 0 radical (unpaired) electrons. The number of nitrogens with one attached hydrogen (secondary N) is 2. The third kappa shape index (κ3) is 5.48. The molecule has 176 valence electrons. The van der Waals surface area contributed by atoms with Gasteiger partial charge in [0.05, 0.1) is 27.4 Å². The van der Waals surface area contributed by atoms with Crippen LogP contribution < -0.4 is 10.3 Å². The SMILES string of the molecule is Cc1nc(-c2ccc(C(F)(F)F)cn2)sc1C(=O)NNS(=O)(=O)c1ccccc1C(F)(F)F. The lowest BCUT2D eigenvalue weighted by Gasteiger charge is -2.13. The number of rotatable bonds is 5. The number of hydrogen-bond acceptors (Lipinski definition) is 6. The van der Waals surface area contributed by atoms with E-state index in [1.54, 1.807) is 4.83 Å². The minimum Gasteiger partial charge on any atom is -0.273 e. The predicted molar refractivity (Wildman–Crippen MR) is 104 cm³/mol. The van der Waals surface area contributed by atoms with Crippen molar-refractivity contribution in [3.8, 4) is 10.7 Å². The van der Waals surface area contributed by atoms with Crippen molar-refractivity contribution in [2.24, 2.45) is 0 Å². The number of sulfonamides is 1. The van der Waals surface area contributed by atoms with Gasteiger partial charge in [-0.2, -0.15) is 26.3 Å². The molecule has 15 heteroatoms. The molecule has 33 heavy (non-hydrogen) atoms. The van der Waals surface area contributed by atoms with E-state index in [4.69, 9.17) is 0 Å². The Bertz CT molecular complexity index is 1290. The van der Waals surface area contributed by atoms with Gasteiger partial charge >= 0.3 is 12.4 Å². The van der Waals surface area contributed by atoms with Crippen LogP contribution in [0.5, 0.6) is 0 Å². The molecular weight excluding hydrogens is 498 g/mol. The summed E-state index contributed by atoms with van der Waals surface area (Å²) >= 11 is 0.706. The van der Waals surface area contributed by atoms with Crippen LogP contribution in [0.2, 0.25) is 0 Å². The van der Waals surface area contributed by atoms with Crippen molar-refractivity contribution in [1.82, 2.24) is 20.2 Å². The fraction of sp³-hybridized carbons (Fsp3) is 0.167. The minimum absolute atomic E-state index is 0.0369. The second-order valence-corrected chi connectivity index (χ2v) is 9.07. The largest absolute Gasteiger partial charge is 0.417 e. The molecule has 0 aliphatic rings. The molecule has 0 aliphatic heterocycles. The van der Waals surface area contributed by atoms with Crippen LogP contribution in [0.15, 0.2) is 47.5 Å². The number of aromatic nitrogens is 2. The topological polar surface area (TPSA) is 101 Å². The van der Waals surface area contributed by atoms with E-state index in [0.29, 0.717) is 23.6 Å². The van der Waals surface area contributed by atoms with Crippen molar-refractivity contribution in [3.63, 3.8) is 0 Å². The Morgan fingerprint density at radius 3 is 2.24 bits per heavy atom. The minimum atomic E-state index is -4.95. The summed E-state index contributed by atoms with van der Waals surface area (Å²) in [5.41, 5.74) is -0.455. The molecule has 0 unspecified atom stereocenters. The first-order valence-electron chi connectivity index (χ1n) is 8.69. The number of alkyl halides is 6. The third-order valence-electron chi connectivity index (χ3n) is 4.09. The number of thiazole rings is 1. The number of nitrogens with zero attached hydrogens (tertiary/aromatic N) is 2. The lowest BCUT2D eigenvalue weighted by Crippen LogP contribution is -2.42. The van der Waals surface area contributed by atoms with Crippen LogP contribution in [0, 0.1) is 6.92 Å². The van der Waals surface area contributed by atoms with Crippen molar-refractivity contribution >= 4 is 27.3 Å². The quantitative estimate of drug-likeness (QED) is 0.396. The summed E-state index contributed by atoms with van der Waals surface area (Å²) in [6.45, 7) is 1.38. The Kier molecular flexibility index (Phi) is 6.50. The summed E-state index contributed by atoms with van der Waals surface area (Å²) < 4.78 is 102. The van der Waals surface area contributed by atoms with E-state index in [1.165, 1.54) is 6.92 Å². The molecule has 3 rings (SSSR count). The standard InChI is InChI=1S/C18H12F6N4O3S2/c1-9-14(32-16(26-9)12-7-6-10(8-25-12)17(19,20)21)15(29)27-28-33(30,31)13-5-3-2-4-11(13)18(22,23)24/h2-8,28H,1H3,(H,27,29). The zero-order valence-corrected chi connectivity index (χ0v) is 17.9. The summed E-state index contributed by atoms with van der Waals surface area (Å²) in [4.78, 5) is 20.5. The van der Waals surface area contributed by atoms with E-state index in [0.717, 1.165) is 30.3 Å². The zero-order chi connectivity index (χ0) is 24.6. The van der Waals surface area contributed by atoms with E-state index in [2.05, 4.69) is 9.97 Å². The van der Waals surface area contributed by atoms with E-state index in [1.807, 2.05) is 5.43 Å². The van der Waals surface area contributed by atoms with Gasteiger partial charge in [-0.05, 0) is 31.2 Å². The summed E-state index contributed by atoms with van der Waals surface area (Å²) in [6, 6.07) is 5.24. The molecule has 1 amide bonds. The Hall–Kier alpha value is -3.04. The number of halogens is 6. The molecule has 0 fully saturated rings. The van der Waals surface area contributed by atoms with Gasteiger partial charge in [-0.15, -0.1) is 16.2 Å². The highest BCUT2D eigenvalue weighted by Gasteiger charge is 2.37. The number of carbonyl (C=O) groups excluding carboxylic acids is 1. The van der Waals surface area contributed by atoms with Crippen molar-refractivity contribution in [2.75, 3.05) is 0 Å². The highest BCUT2D eigenvalue weighted by molar-refractivity contribution is 7.89. The van der Waals surface area contributed by atoms with Gasteiger partial charge in [0.15, 0.2) is 0 Å². The normalized spacial score (nSPS) is 12.6. The van der Waals surface area contributed by atoms with Crippen LogP contribution in [-0.2, 0) is 22.4 Å². The van der Waals surface area contributed by atoms with Crippen molar-refractivity contribution in [3.05, 3.63) is 64.3 Å². The number of aryl methyl sites for hydroxylation is 1. The fourth-order valence-electron chi connectivity index (χ4n) is 2.57. The maximum Gasteiger partial charge on any atom is 0.417 e. The lowest BCUT2D eigenvalue weighted by atomic mass is 10.2. The molecule has 7 nitrogen and oxygen atoms in total. The summed E-state index contributed by atoms with van der Waals surface area (Å²) in [5.74, 6) is -1.03. The van der Waals surface area contributed by atoms with Gasteiger partial charge in [0, 0.05) is 6.20 Å². The van der Waals surface area contributed by atoms with Crippen LogP contribution >= 0.6 is 11.3 Å². The molecule has 0 saturated heterocycles. The Morgan fingerprint density at radius 2 is 1.67 bits per heavy atom. The Morgan fingerprint density at radius 1 is 1.00 bits per heavy atom. The van der Waals surface area contributed by atoms with Gasteiger partial charge in [0.1, 0.15) is 9.88 Å². The molecule has 0 aliphatic carbocycles. The van der Waals surface area contributed by atoms with E-state index in [9.17, 15) is 39.6 Å². The maximum atomic E-state index is 13.1. The smallest absolute Gasteiger partial charge is 0.273 e. The van der Waals surface area contributed by atoms with Gasteiger partial charge in [0.25, 0.3) is 15.9 Å². The molecule has 2 N–H and O–H groups in total. The number of benzene rings is 1. The molecule has 3 aromatic rings. The molecule has 0 spiro atoms. The zero-order valence-electron chi connectivity index (χ0n) is 16.2. The highest BCUT2D eigenvalue weighted by atomic mass is 32.2. The Labute approximate surface area is 186 Å². The molecule has 1 aromatic carbocycles. The number of carbonyl (C=O) groups is 1. The molecule has 0 atom stereocenters. The van der Waals surface area contributed by atoms with Crippen LogP contribution in [0.1, 0.15) is 26.5 Å². The van der Waals surface area contributed by atoms with Crippen molar-refractivity contribution in [1.29, 1.82) is 0 Å². The first-order valence-corrected chi connectivity index (χ1v) is 11.0. The van der Waals surface area contributed by atoms with Gasteiger partial charge in [-0.25, -0.2) is 13.4 Å². The van der Waals surface area contributed by atoms with Crippen LogP contribution in [0.4, 0.5) is 26.3 Å². The van der Waals surface area contributed by atoms with Gasteiger partial charge < -0.3 is 0 Å². The number of pyridine rings is 1. The van der Waals surface area contributed by atoms with Crippen molar-refractivity contribution in [2.45, 2.75) is 24.2 Å². The molecule has 0 bridgehead atoms. The first kappa shape index (κ1) is 24.6. The van der Waals surface area contributed by atoms with E-state index < -0.39 is 44.3 Å². The van der Waals surface area contributed by atoms with Gasteiger partial charge in [0.2, 0.25) is 0 Å². The molecule has 0 saturated carbocycles. The summed E-state index contributed by atoms with van der Waals surface area (Å²) in [6.07, 6.45) is -8.94. The Balaban J connectivity index is 1.79. The highest BCUT2D eigenvalue weighted by Crippen LogP contribution is 2.34. The second kappa shape index (κ2) is 8.72. The van der Waals surface area contributed by atoms with Crippen LogP contribution in [0.3, 0.4) is 0 Å². The summed E-state index contributed by atoms with van der Waals surface area (Å²) in [5, 5.41) is 0.0802. The van der Waals surface area contributed by atoms with Crippen molar-refractivity contribution < 1.29 is 39.6 Å². The number of hydrogen-bond donors (Lipinski definition) is 2. The molecule has 2 aromatic heterocycles. The van der Waals surface area contributed by atoms with Crippen LogP contribution in [-0.4, -0.2) is 24.3 Å². The first-order chi connectivity index (χ1) is 15.2. The maximum absolute atomic E-state index is 13.1. The summed E-state index contributed by atoms with van der Waals surface area (Å²) in [7, 11) is -4.79. The van der Waals surface area contributed by atoms with Gasteiger partial charge in [-0.1, -0.05) is 12.1 Å². The van der Waals surface area contributed by atoms with Gasteiger partial charge in [-0.3, -0.25) is 15.2 Å². The number of hydrazine groups is 1. The lowest BCUT2D eigenvalue weighted by molar-refractivity contribution is -0.140. The average Bonchev–Trinajstić information content (AvgIpc) is 3.13. The average molecular weight is 510 g/mol. The third-order valence-corrected chi connectivity index (χ3v) is 6.58. The number of amides is 1. The van der Waals surface area contributed by atoms with E-state index >= 15 is 0 Å². The second-order valence-electron chi connectivity index (χ2n) is 6.42. The molecule has 2 heterocycles. The predicted octanol–water partition coefficient (Wildman–Crippen LogP) is 4.17. The van der Waals surface area contributed by atoms with E-state index in [-0.39, 0.29) is 21.3 Å². The molecular formula is C18H12F6N4O3S2. The van der Waals surface area contributed by atoms with Crippen LogP contribution in [0.25, 0.3) is 10.7 Å².